The number of rotatable bonds is 1. The van der Waals surface area contributed by atoms with Crippen LogP contribution in [0.4, 0.5) is 13.6 Å². The van der Waals surface area contributed by atoms with Gasteiger partial charge in [0, 0.05) is 0 Å². The van der Waals surface area contributed by atoms with Crippen molar-refractivity contribution in [3.05, 3.63) is 34.9 Å². The van der Waals surface area contributed by atoms with Crippen LogP contribution in [-0.2, 0) is 4.74 Å². The second-order valence-electron chi connectivity index (χ2n) is 4.27. The molecule has 1 heterocycles. The Morgan fingerprint density at radius 2 is 2.12 bits per heavy atom. The van der Waals surface area contributed by atoms with E-state index in [-0.39, 0.29) is 0 Å². The summed E-state index contributed by atoms with van der Waals surface area (Å²) in [6, 6.07) is 3.87. The Kier molecular flexibility index (Phi) is 2.77. The second kappa shape index (κ2) is 3.98. The third-order valence-corrected chi connectivity index (χ3v) is 2.82. The minimum atomic E-state index is -3.09. The number of alkyl halides is 2. The number of benzene rings is 1. The van der Waals surface area contributed by atoms with Crippen molar-refractivity contribution in [2.45, 2.75) is 25.8 Å². The topological polar surface area (TPSA) is 38.3 Å². The number of nitrogens with one attached hydrogen (secondary N) is 1. The van der Waals surface area contributed by atoms with E-state index in [1.807, 2.05) is 13.0 Å². The molecular weight excluding hydrogens is 228 g/mol. The Hall–Kier alpha value is -1.65. The van der Waals surface area contributed by atoms with Crippen LogP contribution in [0.15, 0.2) is 18.2 Å². The molecule has 0 aliphatic carbocycles. The SMILES string of the molecule is Cc1ccc([C@H]2NC(=O)OCC2(F)F)c(C)c1. The largest absolute Gasteiger partial charge is 0.443 e. The molecular formula is C12H13F2NO2. The molecule has 0 radical (unpaired) electrons. The van der Waals surface area contributed by atoms with Gasteiger partial charge in [0.25, 0.3) is 0 Å². The normalized spacial score (nSPS) is 22.8. The summed E-state index contributed by atoms with van der Waals surface area (Å²) in [7, 11) is 0. The lowest BCUT2D eigenvalue weighted by Gasteiger charge is -2.32. The van der Waals surface area contributed by atoms with Gasteiger partial charge < -0.3 is 10.1 Å². The fraction of sp³-hybridized carbons (Fsp3) is 0.417. The van der Waals surface area contributed by atoms with Gasteiger partial charge in [-0.05, 0) is 25.0 Å². The number of carbonyl (C=O) groups excluding carboxylic acids is 1. The van der Waals surface area contributed by atoms with E-state index in [2.05, 4.69) is 10.1 Å². The van der Waals surface area contributed by atoms with E-state index in [9.17, 15) is 13.6 Å². The van der Waals surface area contributed by atoms with Gasteiger partial charge in [-0.2, -0.15) is 0 Å². The summed E-state index contributed by atoms with van der Waals surface area (Å²) in [4.78, 5) is 11.0. The fourth-order valence-electron chi connectivity index (χ4n) is 1.96. The maximum absolute atomic E-state index is 13.7. The molecule has 3 nitrogen and oxygen atoms in total. The number of hydrogen-bond acceptors (Lipinski definition) is 2. The number of alkyl carbamates (subject to hydrolysis) is 1. The predicted molar refractivity (Wildman–Crippen MR) is 58.1 cm³/mol. The maximum atomic E-state index is 13.7. The van der Waals surface area contributed by atoms with Gasteiger partial charge in [-0.15, -0.1) is 0 Å². The molecule has 92 valence electrons. The Bertz CT molecular complexity index is 460. The Morgan fingerprint density at radius 3 is 2.76 bits per heavy atom. The van der Waals surface area contributed by atoms with Crippen LogP contribution in [0.2, 0.25) is 0 Å². The molecule has 0 saturated carbocycles. The predicted octanol–water partition coefficient (Wildman–Crippen LogP) is 2.72. The number of cyclic esters (lactones) is 1. The quantitative estimate of drug-likeness (QED) is 0.821. The van der Waals surface area contributed by atoms with E-state index in [0.717, 1.165) is 11.1 Å². The fourth-order valence-corrected chi connectivity index (χ4v) is 1.96. The van der Waals surface area contributed by atoms with E-state index < -0.39 is 24.7 Å². The summed E-state index contributed by atoms with van der Waals surface area (Å²) in [5, 5.41) is 2.17. The summed E-state index contributed by atoms with van der Waals surface area (Å²) in [6.45, 7) is 2.76. The molecule has 2 rings (SSSR count). The first-order valence-electron chi connectivity index (χ1n) is 5.28. The lowest BCUT2D eigenvalue weighted by Crippen LogP contribution is -2.49. The zero-order valence-electron chi connectivity index (χ0n) is 9.59. The van der Waals surface area contributed by atoms with Crippen molar-refractivity contribution in [2.24, 2.45) is 0 Å². The monoisotopic (exact) mass is 241 g/mol. The Balaban J connectivity index is 2.39. The van der Waals surface area contributed by atoms with Crippen molar-refractivity contribution < 1.29 is 18.3 Å². The molecule has 1 N–H and O–H groups in total. The summed E-state index contributed by atoms with van der Waals surface area (Å²) in [5.74, 6) is -3.09. The zero-order valence-corrected chi connectivity index (χ0v) is 9.59. The molecule has 1 saturated heterocycles. The molecule has 0 bridgehead atoms. The van der Waals surface area contributed by atoms with Gasteiger partial charge in [0.1, 0.15) is 6.04 Å². The number of hydrogen-bond donors (Lipinski definition) is 1. The van der Waals surface area contributed by atoms with Crippen LogP contribution in [0.5, 0.6) is 0 Å². The summed E-state index contributed by atoms with van der Waals surface area (Å²) in [6.07, 6.45) is -0.805. The first-order valence-corrected chi connectivity index (χ1v) is 5.28. The van der Waals surface area contributed by atoms with Gasteiger partial charge in [-0.1, -0.05) is 23.8 Å². The van der Waals surface area contributed by atoms with E-state index in [1.54, 1.807) is 19.1 Å². The molecule has 1 atom stereocenters. The zero-order chi connectivity index (χ0) is 12.6. The van der Waals surface area contributed by atoms with E-state index in [0.29, 0.717) is 5.56 Å². The van der Waals surface area contributed by atoms with Gasteiger partial charge in [0.15, 0.2) is 6.61 Å². The van der Waals surface area contributed by atoms with E-state index in [1.165, 1.54) is 0 Å². The van der Waals surface area contributed by atoms with Crippen LogP contribution in [0.3, 0.4) is 0 Å². The minimum absolute atomic E-state index is 0.428. The van der Waals surface area contributed by atoms with E-state index in [4.69, 9.17) is 0 Å². The molecule has 5 heteroatoms. The Labute approximate surface area is 97.8 Å². The first-order chi connectivity index (χ1) is 7.90. The smallest absolute Gasteiger partial charge is 0.408 e. The molecule has 1 fully saturated rings. The number of carbonyl (C=O) groups is 1. The highest BCUT2D eigenvalue weighted by Crippen LogP contribution is 2.35. The highest BCUT2D eigenvalue weighted by molar-refractivity contribution is 5.69. The lowest BCUT2D eigenvalue weighted by molar-refractivity contribution is -0.104. The minimum Gasteiger partial charge on any atom is -0.443 e. The first kappa shape index (κ1) is 11.8. The molecule has 1 aliphatic rings. The van der Waals surface area contributed by atoms with Gasteiger partial charge in [-0.3, -0.25) is 0 Å². The van der Waals surface area contributed by atoms with Crippen LogP contribution in [0.25, 0.3) is 0 Å². The summed E-state index contributed by atoms with van der Waals surface area (Å²) >= 11 is 0. The molecule has 17 heavy (non-hydrogen) atoms. The van der Waals surface area contributed by atoms with Crippen LogP contribution in [0, 0.1) is 13.8 Å². The third-order valence-electron chi connectivity index (χ3n) is 2.82. The van der Waals surface area contributed by atoms with Crippen molar-refractivity contribution >= 4 is 6.09 Å². The second-order valence-corrected chi connectivity index (χ2v) is 4.27. The molecule has 0 spiro atoms. The Morgan fingerprint density at radius 1 is 1.41 bits per heavy atom. The van der Waals surface area contributed by atoms with Crippen LogP contribution < -0.4 is 5.32 Å². The van der Waals surface area contributed by atoms with Crippen molar-refractivity contribution in [1.29, 1.82) is 0 Å². The molecule has 0 unspecified atom stereocenters. The van der Waals surface area contributed by atoms with Crippen molar-refractivity contribution in [3.63, 3.8) is 0 Å². The van der Waals surface area contributed by atoms with Crippen molar-refractivity contribution in [1.82, 2.24) is 5.32 Å². The summed E-state index contributed by atoms with van der Waals surface area (Å²) < 4.78 is 31.6. The average molecular weight is 241 g/mol. The number of halogens is 2. The van der Waals surface area contributed by atoms with Gasteiger partial charge in [0.05, 0.1) is 0 Å². The molecule has 0 aromatic heterocycles. The van der Waals surface area contributed by atoms with Gasteiger partial charge >= 0.3 is 12.0 Å². The van der Waals surface area contributed by atoms with Crippen LogP contribution in [0.1, 0.15) is 22.7 Å². The van der Waals surface area contributed by atoms with Gasteiger partial charge in [0.2, 0.25) is 0 Å². The molecule has 1 aromatic carbocycles. The van der Waals surface area contributed by atoms with Crippen LogP contribution >= 0.6 is 0 Å². The highest BCUT2D eigenvalue weighted by Gasteiger charge is 2.47. The number of ether oxygens (including phenoxy) is 1. The highest BCUT2D eigenvalue weighted by atomic mass is 19.3. The average Bonchev–Trinajstić information content (AvgIpc) is 2.23. The van der Waals surface area contributed by atoms with Crippen molar-refractivity contribution in [3.8, 4) is 0 Å². The van der Waals surface area contributed by atoms with Gasteiger partial charge in [-0.25, -0.2) is 13.6 Å². The number of aryl methyl sites for hydroxylation is 2. The standard InChI is InChI=1S/C12H13F2NO2/c1-7-3-4-9(8(2)5-7)10-12(13,14)6-17-11(16)15-10/h3-5,10H,6H2,1-2H3,(H,15,16)/t10-/m1/s1. The number of amides is 1. The van der Waals surface area contributed by atoms with Crippen LogP contribution in [-0.4, -0.2) is 18.6 Å². The molecule has 1 amide bonds. The third kappa shape index (κ3) is 2.23. The lowest BCUT2D eigenvalue weighted by atomic mass is 9.94. The summed E-state index contributed by atoms with van der Waals surface area (Å²) in [5.41, 5.74) is 2.15. The molecule has 1 aromatic rings. The maximum Gasteiger partial charge on any atom is 0.408 e. The van der Waals surface area contributed by atoms with Crippen molar-refractivity contribution in [2.75, 3.05) is 6.61 Å². The molecule has 1 aliphatic heterocycles. The van der Waals surface area contributed by atoms with E-state index >= 15 is 0 Å².